The number of rotatable bonds is 6. The van der Waals surface area contributed by atoms with Gasteiger partial charge in [0.15, 0.2) is 0 Å². The molecule has 0 N–H and O–H groups in total. The molecule has 24 heavy (non-hydrogen) atoms. The molecule has 1 atom stereocenters. The van der Waals surface area contributed by atoms with Crippen molar-refractivity contribution in [1.82, 2.24) is 14.7 Å². The maximum atomic E-state index is 13.1. The molecule has 0 saturated carbocycles. The first-order chi connectivity index (χ1) is 11.5. The molecule has 6 heteroatoms. The number of carbonyl (C=O) groups is 1. The van der Waals surface area contributed by atoms with E-state index in [0.29, 0.717) is 32.3 Å². The summed E-state index contributed by atoms with van der Waals surface area (Å²) in [6, 6.07) is 6.99. The van der Waals surface area contributed by atoms with Crippen LogP contribution in [0.25, 0.3) is 0 Å². The Bertz CT molecular complexity index is 575. The molecule has 132 valence electrons. The highest BCUT2D eigenvalue weighted by Gasteiger charge is 2.33. The van der Waals surface area contributed by atoms with Crippen molar-refractivity contribution < 1.29 is 13.9 Å². The summed E-state index contributed by atoms with van der Waals surface area (Å²) in [5, 5.41) is 0. The van der Waals surface area contributed by atoms with Crippen LogP contribution in [0.5, 0.6) is 0 Å². The summed E-state index contributed by atoms with van der Waals surface area (Å²) >= 11 is 0. The second-order valence-corrected chi connectivity index (χ2v) is 7.00. The minimum atomic E-state index is -0.247. The molecule has 0 bridgehead atoms. The third-order valence-electron chi connectivity index (χ3n) is 4.91. The minimum Gasteiger partial charge on any atom is -0.370 e. The van der Waals surface area contributed by atoms with Gasteiger partial charge < -0.3 is 14.5 Å². The Morgan fingerprint density at radius 3 is 2.79 bits per heavy atom. The molecule has 3 rings (SSSR count). The fourth-order valence-corrected chi connectivity index (χ4v) is 3.26. The number of likely N-dealkylation sites (tertiary alicyclic amines) is 2. The molecule has 2 fully saturated rings. The molecule has 1 unspecified atom stereocenters. The first-order valence-electron chi connectivity index (χ1n) is 8.54. The molecular weight excluding hydrogens is 309 g/mol. The lowest BCUT2D eigenvalue weighted by atomic mass is 10.1. The van der Waals surface area contributed by atoms with Crippen molar-refractivity contribution in [3.05, 3.63) is 35.6 Å². The number of hydrogen-bond acceptors (Lipinski definition) is 4. The van der Waals surface area contributed by atoms with E-state index in [1.807, 2.05) is 11.0 Å². The van der Waals surface area contributed by atoms with E-state index in [0.717, 1.165) is 25.1 Å². The number of hydrogen-bond donors (Lipinski definition) is 0. The molecule has 2 heterocycles. The van der Waals surface area contributed by atoms with Crippen LogP contribution in [-0.2, 0) is 16.1 Å². The summed E-state index contributed by atoms with van der Waals surface area (Å²) in [6.45, 7) is 4.12. The van der Waals surface area contributed by atoms with E-state index in [1.165, 1.54) is 12.1 Å². The van der Waals surface area contributed by atoms with E-state index in [1.54, 1.807) is 6.07 Å². The molecule has 2 saturated heterocycles. The second kappa shape index (κ2) is 7.59. The Hall–Kier alpha value is -1.50. The van der Waals surface area contributed by atoms with Gasteiger partial charge in [-0.25, -0.2) is 4.39 Å². The van der Waals surface area contributed by atoms with Crippen LogP contribution in [0.3, 0.4) is 0 Å². The normalized spacial score (nSPS) is 22.2. The van der Waals surface area contributed by atoms with E-state index in [2.05, 4.69) is 23.9 Å². The van der Waals surface area contributed by atoms with Crippen LogP contribution in [0, 0.1) is 5.82 Å². The van der Waals surface area contributed by atoms with Crippen molar-refractivity contribution in [2.45, 2.75) is 25.2 Å². The van der Waals surface area contributed by atoms with Crippen LogP contribution in [0.2, 0.25) is 0 Å². The molecule has 2 aliphatic rings. The summed E-state index contributed by atoms with van der Waals surface area (Å²) in [7, 11) is 4.18. The zero-order valence-electron chi connectivity index (χ0n) is 14.4. The number of likely N-dealkylation sites (N-methyl/N-ethyl adjacent to an activating group) is 1. The summed E-state index contributed by atoms with van der Waals surface area (Å²) in [4.78, 5) is 18.6. The maximum Gasteiger partial charge on any atom is 0.236 e. The van der Waals surface area contributed by atoms with Gasteiger partial charge in [0, 0.05) is 32.2 Å². The highest BCUT2D eigenvalue weighted by Crippen LogP contribution is 2.17. The van der Waals surface area contributed by atoms with Gasteiger partial charge in [0.2, 0.25) is 5.91 Å². The second-order valence-electron chi connectivity index (χ2n) is 7.00. The van der Waals surface area contributed by atoms with Crippen molar-refractivity contribution in [1.29, 1.82) is 0 Å². The zero-order valence-corrected chi connectivity index (χ0v) is 14.4. The average molecular weight is 335 g/mol. The number of amides is 1. The van der Waals surface area contributed by atoms with Crippen molar-refractivity contribution in [3.8, 4) is 0 Å². The van der Waals surface area contributed by atoms with Crippen molar-refractivity contribution in [2.75, 3.05) is 46.8 Å². The van der Waals surface area contributed by atoms with Gasteiger partial charge in [-0.15, -0.1) is 0 Å². The van der Waals surface area contributed by atoms with E-state index < -0.39 is 0 Å². The molecule has 1 aromatic rings. The highest BCUT2D eigenvalue weighted by molar-refractivity contribution is 5.79. The Kier molecular flexibility index (Phi) is 5.48. The maximum absolute atomic E-state index is 13.1. The number of carbonyl (C=O) groups excluding carboxylic acids is 1. The zero-order chi connectivity index (χ0) is 17.1. The number of ether oxygens (including phenoxy) is 1. The Labute approximate surface area is 143 Å². The molecule has 0 aliphatic carbocycles. The molecule has 1 aromatic carbocycles. The first kappa shape index (κ1) is 17.3. The van der Waals surface area contributed by atoms with Crippen LogP contribution in [0.15, 0.2) is 24.3 Å². The molecule has 0 radical (unpaired) electrons. The van der Waals surface area contributed by atoms with Crippen LogP contribution in [0.4, 0.5) is 4.39 Å². The van der Waals surface area contributed by atoms with Crippen LogP contribution in [0.1, 0.15) is 12.0 Å². The van der Waals surface area contributed by atoms with Crippen LogP contribution in [-0.4, -0.2) is 79.6 Å². The predicted octanol–water partition coefficient (Wildman–Crippen LogP) is 1.19. The summed E-state index contributed by atoms with van der Waals surface area (Å²) in [6.07, 6.45) is 1.19. The smallest absolute Gasteiger partial charge is 0.236 e. The van der Waals surface area contributed by atoms with E-state index >= 15 is 0 Å². The van der Waals surface area contributed by atoms with Crippen molar-refractivity contribution in [2.24, 2.45) is 0 Å². The molecule has 0 spiro atoms. The lowest BCUT2D eigenvalue weighted by Gasteiger charge is -2.39. The summed E-state index contributed by atoms with van der Waals surface area (Å²) < 4.78 is 18.8. The van der Waals surface area contributed by atoms with Gasteiger partial charge in [-0.05, 0) is 38.2 Å². The molecule has 5 nitrogen and oxygen atoms in total. The highest BCUT2D eigenvalue weighted by atomic mass is 19.1. The Balaban J connectivity index is 1.35. The topological polar surface area (TPSA) is 36.0 Å². The summed E-state index contributed by atoms with van der Waals surface area (Å²) in [5.74, 6) is -0.0665. The van der Waals surface area contributed by atoms with Gasteiger partial charge in [0.05, 0.1) is 19.3 Å². The Morgan fingerprint density at radius 2 is 2.12 bits per heavy atom. The van der Waals surface area contributed by atoms with E-state index in [4.69, 9.17) is 4.74 Å². The lowest BCUT2D eigenvalue weighted by molar-refractivity contribution is -0.146. The monoisotopic (exact) mass is 335 g/mol. The largest absolute Gasteiger partial charge is 0.370 e. The minimum absolute atomic E-state index is 0.0605. The van der Waals surface area contributed by atoms with Gasteiger partial charge in [-0.3, -0.25) is 9.69 Å². The molecular formula is C18H26FN3O2. The predicted molar refractivity (Wildman–Crippen MR) is 90.1 cm³/mol. The number of benzene rings is 1. The quantitative estimate of drug-likeness (QED) is 0.782. The number of nitrogens with zero attached hydrogens (tertiary/aromatic N) is 3. The lowest BCUT2D eigenvalue weighted by Crippen LogP contribution is -2.56. The van der Waals surface area contributed by atoms with E-state index in [9.17, 15) is 9.18 Å². The fraction of sp³-hybridized carbons (Fsp3) is 0.611. The van der Waals surface area contributed by atoms with Crippen molar-refractivity contribution >= 4 is 5.91 Å². The van der Waals surface area contributed by atoms with Gasteiger partial charge >= 0.3 is 0 Å². The molecule has 1 amide bonds. The molecule has 0 aromatic heterocycles. The third kappa shape index (κ3) is 4.32. The standard InChI is InChI=1S/C18H26FN3O2/c1-20(2)16-6-7-21(9-16)12-18(23)22-10-17(11-22)24-13-14-4-3-5-15(19)8-14/h3-5,8,16-17H,6-7,9-13H2,1-2H3. The fourth-order valence-electron chi connectivity index (χ4n) is 3.26. The van der Waals surface area contributed by atoms with Gasteiger partial charge in [0.25, 0.3) is 0 Å². The first-order valence-corrected chi connectivity index (χ1v) is 8.54. The van der Waals surface area contributed by atoms with Crippen LogP contribution < -0.4 is 0 Å². The number of halogens is 1. The SMILES string of the molecule is CN(C)C1CCN(CC(=O)N2CC(OCc3cccc(F)c3)C2)C1. The molecule has 2 aliphatic heterocycles. The Morgan fingerprint density at radius 1 is 1.33 bits per heavy atom. The van der Waals surface area contributed by atoms with Gasteiger partial charge in [-0.2, -0.15) is 0 Å². The van der Waals surface area contributed by atoms with Crippen molar-refractivity contribution in [3.63, 3.8) is 0 Å². The van der Waals surface area contributed by atoms with Gasteiger partial charge in [0.1, 0.15) is 5.82 Å². The van der Waals surface area contributed by atoms with Crippen LogP contribution >= 0.6 is 0 Å². The van der Waals surface area contributed by atoms with E-state index in [-0.39, 0.29) is 17.8 Å². The average Bonchev–Trinajstić information content (AvgIpc) is 2.94. The summed E-state index contributed by atoms with van der Waals surface area (Å²) in [5.41, 5.74) is 0.826. The third-order valence-corrected chi connectivity index (χ3v) is 4.91. The van der Waals surface area contributed by atoms with Gasteiger partial charge in [-0.1, -0.05) is 12.1 Å².